The highest BCUT2D eigenvalue weighted by molar-refractivity contribution is 5.64. The van der Waals surface area contributed by atoms with E-state index < -0.39 is 0 Å². The summed E-state index contributed by atoms with van der Waals surface area (Å²) in [5, 5.41) is 16.4. The molecule has 5 nitrogen and oxygen atoms in total. The SMILES string of the molecule is CCCc1nn(C)c(NCCCCCO)c1N. The lowest BCUT2D eigenvalue weighted by atomic mass is 10.2. The number of aliphatic hydroxyl groups excluding tert-OH is 1. The Bertz CT molecular complexity index is 335. The zero-order valence-electron chi connectivity index (χ0n) is 10.9. The molecule has 1 rings (SSSR count). The lowest BCUT2D eigenvalue weighted by molar-refractivity contribution is 0.283. The van der Waals surface area contributed by atoms with E-state index >= 15 is 0 Å². The van der Waals surface area contributed by atoms with Gasteiger partial charge in [0, 0.05) is 20.2 Å². The number of aromatic nitrogens is 2. The van der Waals surface area contributed by atoms with E-state index in [1.54, 1.807) is 0 Å². The molecule has 0 aliphatic heterocycles. The quantitative estimate of drug-likeness (QED) is 0.602. The van der Waals surface area contributed by atoms with Gasteiger partial charge in [0.1, 0.15) is 5.82 Å². The van der Waals surface area contributed by atoms with Crippen LogP contribution in [0.25, 0.3) is 0 Å². The van der Waals surface area contributed by atoms with Crippen molar-refractivity contribution in [1.29, 1.82) is 0 Å². The molecular weight excluding hydrogens is 216 g/mol. The molecule has 5 heteroatoms. The molecule has 0 amide bonds. The molecule has 0 aliphatic carbocycles. The highest BCUT2D eigenvalue weighted by Crippen LogP contribution is 2.22. The van der Waals surface area contributed by atoms with E-state index in [2.05, 4.69) is 17.3 Å². The van der Waals surface area contributed by atoms with Gasteiger partial charge in [-0.15, -0.1) is 0 Å². The van der Waals surface area contributed by atoms with Crippen molar-refractivity contribution in [2.24, 2.45) is 7.05 Å². The molecule has 0 saturated heterocycles. The Labute approximate surface area is 103 Å². The minimum atomic E-state index is 0.272. The topological polar surface area (TPSA) is 76.1 Å². The number of hydrogen-bond donors (Lipinski definition) is 3. The van der Waals surface area contributed by atoms with Gasteiger partial charge in [-0.2, -0.15) is 5.10 Å². The van der Waals surface area contributed by atoms with E-state index in [0.29, 0.717) is 0 Å². The normalized spacial score (nSPS) is 10.8. The van der Waals surface area contributed by atoms with E-state index in [-0.39, 0.29) is 6.61 Å². The highest BCUT2D eigenvalue weighted by atomic mass is 16.2. The molecule has 4 N–H and O–H groups in total. The van der Waals surface area contributed by atoms with Crippen molar-refractivity contribution in [1.82, 2.24) is 9.78 Å². The summed E-state index contributed by atoms with van der Waals surface area (Å²) in [5.74, 6) is 0.914. The molecule has 0 bridgehead atoms. The van der Waals surface area contributed by atoms with Gasteiger partial charge in [-0.05, 0) is 25.7 Å². The molecule has 0 saturated carbocycles. The van der Waals surface area contributed by atoms with Crippen molar-refractivity contribution in [3.63, 3.8) is 0 Å². The van der Waals surface area contributed by atoms with Crippen LogP contribution in [0.2, 0.25) is 0 Å². The van der Waals surface area contributed by atoms with Gasteiger partial charge in [0.25, 0.3) is 0 Å². The van der Waals surface area contributed by atoms with E-state index in [1.807, 2.05) is 11.7 Å². The molecule has 98 valence electrons. The molecule has 0 aliphatic rings. The van der Waals surface area contributed by atoms with E-state index in [4.69, 9.17) is 10.8 Å². The van der Waals surface area contributed by atoms with Gasteiger partial charge >= 0.3 is 0 Å². The van der Waals surface area contributed by atoms with Gasteiger partial charge in [-0.3, -0.25) is 4.68 Å². The number of aryl methyl sites for hydroxylation is 2. The van der Waals surface area contributed by atoms with Gasteiger partial charge in [0.05, 0.1) is 11.4 Å². The zero-order valence-corrected chi connectivity index (χ0v) is 10.9. The van der Waals surface area contributed by atoms with Crippen LogP contribution >= 0.6 is 0 Å². The molecule has 0 spiro atoms. The average Bonchev–Trinajstić information content (AvgIpc) is 2.56. The lowest BCUT2D eigenvalue weighted by Crippen LogP contribution is -2.08. The number of nitrogens with zero attached hydrogens (tertiary/aromatic N) is 2. The third kappa shape index (κ3) is 3.93. The first kappa shape index (κ1) is 13.8. The predicted molar refractivity (Wildman–Crippen MR) is 71.0 cm³/mol. The van der Waals surface area contributed by atoms with Gasteiger partial charge in [-0.1, -0.05) is 13.3 Å². The Morgan fingerprint density at radius 3 is 2.76 bits per heavy atom. The molecule has 0 atom stereocenters. The van der Waals surface area contributed by atoms with Crippen molar-refractivity contribution >= 4 is 11.5 Å². The van der Waals surface area contributed by atoms with Crippen LogP contribution in [0.4, 0.5) is 11.5 Å². The van der Waals surface area contributed by atoms with Crippen LogP contribution in [-0.4, -0.2) is 28.0 Å². The van der Waals surface area contributed by atoms with Crippen molar-refractivity contribution in [2.75, 3.05) is 24.2 Å². The molecule has 1 aromatic rings. The summed E-state index contributed by atoms with van der Waals surface area (Å²) in [5.41, 5.74) is 7.80. The second-order valence-corrected chi connectivity index (χ2v) is 4.29. The smallest absolute Gasteiger partial charge is 0.147 e. The number of nitrogen functional groups attached to an aromatic ring is 1. The molecule has 0 radical (unpaired) electrons. The maximum absolute atomic E-state index is 8.68. The van der Waals surface area contributed by atoms with Crippen LogP contribution in [0.15, 0.2) is 0 Å². The second kappa shape index (κ2) is 7.17. The summed E-state index contributed by atoms with van der Waals surface area (Å²) < 4.78 is 1.81. The fourth-order valence-corrected chi connectivity index (χ4v) is 1.85. The number of anilines is 2. The van der Waals surface area contributed by atoms with Gasteiger partial charge < -0.3 is 16.2 Å². The Balaban J connectivity index is 2.47. The van der Waals surface area contributed by atoms with Crippen LogP contribution < -0.4 is 11.1 Å². The lowest BCUT2D eigenvalue weighted by Gasteiger charge is -2.07. The van der Waals surface area contributed by atoms with Crippen molar-refractivity contribution < 1.29 is 5.11 Å². The van der Waals surface area contributed by atoms with E-state index in [9.17, 15) is 0 Å². The van der Waals surface area contributed by atoms with Gasteiger partial charge in [0.15, 0.2) is 0 Å². The van der Waals surface area contributed by atoms with Gasteiger partial charge in [0.2, 0.25) is 0 Å². The standard InChI is InChI=1S/C12H24N4O/c1-3-7-10-11(13)12(16(2)15-10)14-8-5-4-6-9-17/h14,17H,3-9,13H2,1-2H3. The molecular formula is C12H24N4O. The van der Waals surface area contributed by atoms with Crippen LogP contribution in [0.1, 0.15) is 38.3 Å². The van der Waals surface area contributed by atoms with Crippen LogP contribution in [0, 0.1) is 0 Å². The monoisotopic (exact) mass is 240 g/mol. The first-order valence-corrected chi connectivity index (χ1v) is 6.36. The van der Waals surface area contributed by atoms with Crippen LogP contribution in [0.3, 0.4) is 0 Å². The summed E-state index contributed by atoms with van der Waals surface area (Å²) in [6, 6.07) is 0. The third-order valence-electron chi connectivity index (χ3n) is 2.77. The third-order valence-corrected chi connectivity index (χ3v) is 2.77. The highest BCUT2D eigenvalue weighted by Gasteiger charge is 2.11. The molecule has 1 heterocycles. The predicted octanol–water partition coefficient (Wildman–Crippen LogP) is 1.53. The molecule has 0 unspecified atom stereocenters. The number of hydrogen-bond acceptors (Lipinski definition) is 4. The minimum Gasteiger partial charge on any atom is -0.396 e. The Morgan fingerprint density at radius 2 is 2.12 bits per heavy atom. The summed E-state index contributed by atoms with van der Waals surface area (Å²) in [6.45, 7) is 3.26. The van der Waals surface area contributed by atoms with E-state index in [1.165, 1.54) is 0 Å². The number of nitrogens with one attached hydrogen (secondary N) is 1. The fourth-order valence-electron chi connectivity index (χ4n) is 1.85. The number of aliphatic hydroxyl groups is 1. The Hall–Kier alpha value is -1.23. The van der Waals surface area contributed by atoms with Crippen molar-refractivity contribution in [3.05, 3.63) is 5.69 Å². The van der Waals surface area contributed by atoms with Crippen LogP contribution in [-0.2, 0) is 13.5 Å². The first-order valence-electron chi connectivity index (χ1n) is 6.36. The second-order valence-electron chi connectivity index (χ2n) is 4.29. The summed E-state index contributed by atoms with van der Waals surface area (Å²) in [4.78, 5) is 0. The van der Waals surface area contributed by atoms with Crippen LogP contribution in [0.5, 0.6) is 0 Å². The first-order chi connectivity index (χ1) is 8.20. The molecule has 0 fully saturated rings. The zero-order chi connectivity index (χ0) is 12.7. The molecule has 17 heavy (non-hydrogen) atoms. The summed E-state index contributed by atoms with van der Waals surface area (Å²) in [6.07, 6.45) is 4.91. The average molecular weight is 240 g/mol. The number of unbranched alkanes of at least 4 members (excludes halogenated alkanes) is 2. The number of rotatable bonds is 8. The fraction of sp³-hybridized carbons (Fsp3) is 0.750. The summed E-state index contributed by atoms with van der Waals surface area (Å²) >= 11 is 0. The summed E-state index contributed by atoms with van der Waals surface area (Å²) in [7, 11) is 1.91. The van der Waals surface area contributed by atoms with Gasteiger partial charge in [-0.25, -0.2) is 0 Å². The molecule has 0 aromatic carbocycles. The van der Waals surface area contributed by atoms with Crippen molar-refractivity contribution in [3.8, 4) is 0 Å². The Morgan fingerprint density at radius 1 is 1.35 bits per heavy atom. The molecule has 1 aromatic heterocycles. The Kier molecular flexibility index (Phi) is 5.83. The largest absolute Gasteiger partial charge is 0.396 e. The number of nitrogens with two attached hydrogens (primary N) is 1. The maximum Gasteiger partial charge on any atom is 0.147 e. The maximum atomic E-state index is 8.68. The van der Waals surface area contributed by atoms with Crippen molar-refractivity contribution in [2.45, 2.75) is 39.0 Å². The minimum absolute atomic E-state index is 0.272. The van der Waals surface area contributed by atoms with E-state index in [0.717, 1.165) is 55.8 Å².